The molecule has 0 saturated carbocycles. The summed E-state index contributed by atoms with van der Waals surface area (Å²) in [6.45, 7) is 1.44. The number of aliphatic hydroxyl groups excluding tert-OH is 1. The van der Waals surface area contributed by atoms with E-state index >= 15 is 0 Å². The van der Waals surface area contributed by atoms with Gasteiger partial charge in [0.25, 0.3) is 0 Å². The van der Waals surface area contributed by atoms with Crippen molar-refractivity contribution in [2.45, 2.75) is 18.8 Å². The van der Waals surface area contributed by atoms with Crippen molar-refractivity contribution in [3.05, 3.63) is 60.4 Å². The molecule has 0 fully saturated rings. The van der Waals surface area contributed by atoms with Crippen LogP contribution in [-0.4, -0.2) is 40.4 Å². The Morgan fingerprint density at radius 2 is 1.89 bits per heavy atom. The van der Waals surface area contributed by atoms with Crippen LogP contribution in [0.5, 0.6) is 0 Å². The normalized spacial score (nSPS) is 13.0. The number of nitrogens with one attached hydrogen (secondary N) is 2. The molecule has 3 rings (SSSR count). The molecule has 1 atom stereocenters. The average Bonchev–Trinajstić information content (AvgIpc) is 3.04. The summed E-state index contributed by atoms with van der Waals surface area (Å²) in [6, 6.07) is 12.1. The number of hydrogen-bond acceptors (Lipinski definition) is 4. The summed E-state index contributed by atoms with van der Waals surface area (Å²) in [4.78, 5) is 3.75. The van der Waals surface area contributed by atoms with Gasteiger partial charge < -0.3 is 20.3 Å². The van der Waals surface area contributed by atoms with Gasteiger partial charge in [0.15, 0.2) is 0 Å². The number of halogens is 3. The number of hydrogen-bond donors (Lipinski definition) is 3. The van der Waals surface area contributed by atoms with Crippen molar-refractivity contribution in [3.63, 3.8) is 0 Å². The number of fused-ring (bicyclic) bond motifs is 1. The quantitative estimate of drug-likeness (QED) is 0.527. The smallest absolute Gasteiger partial charge is 0.390 e. The Labute approximate surface area is 154 Å². The topological polar surface area (TPSA) is 62.1 Å². The number of aromatic nitrogens is 2. The summed E-state index contributed by atoms with van der Waals surface area (Å²) in [7, 11) is 0. The lowest BCUT2D eigenvalue weighted by Crippen LogP contribution is -2.33. The summed E-state index contributed by atoms with van der Waals surface area (Å²) < 4.78 is 40.6. The maximum atomic E-state index is 12.9. The summed E-state index contributed by atoms with van der Waals surface area (Å²) in [6.07, 6.45) is -1.81. The van der Waals surface area contributed by atoms with E-state index in [-0.39, 0.29) is 12.4 Å². The molecule has 0 spiro atoms. The van der Waals surface area contributed by atoms with E-state index in [1.165, 1.54) is 12.3 Å². The van der Waals surface area contributed by atoms with Crippen LogP contribution in [0, 0.1) is 0 Å². The van der Waals surface area contributed by atoms with Crippen LogP contribution < -0.4 is 10.6 Å². The Bertz CT molecular complexity index is 879. The van der Waals surface area contributed by atoms with Gasteiger partial charge in [-0.25, -0.2) is 4.98 Å². The van der Waals surface area contributed by atoms with Crippen molar-refractivity contribution in [1.82, 2.24) is 14.9 Å². The number of rotatable bonds is 8. The van der Waals surface area contributed by atoms with E-state index in [0.29, 0.717) is 19.6 Å². The number of pyridine rings is 1. The first-order valence-corrected chi connectivity index (χ1v) is 8.64. The minimum absolute atomic E-state index is 0.189. The Morgan fingerprint density at radius 1 is 1.07 bits per heavy atom. The number of alkyl halides is 3. The SMILES string of the molecule is O[C@@H](CNCCNc1ncccc1C(F)(F)F)Cn1ccc2ccccc21. The zero-order chi connectivity index (χ0) is 19.3. The molecule has 3 N–H and O–H groups in total. The van der Waals surface area contributed by atoms with Crippen LogP contribution in [-0.2, 0) is 12.7 Å². The van der Waals surface area contributed by atoms with Crippen molar-refractivity contribution in [1.29, 1.82) is 0 Å². The van der Waals surface area contributed by atoms with E-state index in [2.05, 4.69) is 15.6 Å². The molecule has 0 aliphatic rings. The second-order valence-corrected chi connectivity index (χ2v) is 6.21. The van der Waals surface area contributed by atoms with Crippen LogP contribution in [0.15, 0.2) is 54.9 Å². The second-order valence-electron chi connectivity index (χ2n) is 6.21. The maximum Gasteiger partial charge on any atom is 0.419 e. The van der Waals surface area contributed by atoms with Crippen LogP contribution in [0.3, 0.4) is 0 Å². The number of nitrogens with zero attached hydrogens (tertiary/aromatic N) is 2. The average molecular weight is 378 g/mol. The largest absolute Gasteiger partial charge is 0.419 e. The molecular formula is C19H21F3N4O. The number of anilines is 1. The molecule has 144 valence electrons. The molecule has 5 nitrogen and oxygen atoms in total. The summed E-state index contributed by atoms with van der Waals surface area (Å²) >= 11 is 0. The van der Waals surface area contributed by atoms with E-state index in [1.54, 1.807) is 0 Å². The van der Waals surface area contributed by atoms with Crippen molar-refractivity contribution in [2.75, 3.05) is 25.0 Å². The molecule has 0 aliphatic carbocycles. The fourth-order valence-corrected chi connectivity index (χ4v) is 2.90. The van der Waals surface area contributed by atoms with Crippen molar-refractivity contribution in [3.8, 4) is 0 Å². The third-order valence-corrected chi connectivity index (χ3v) is 4.17. The predicted octanol–water partition coefficient (Wildman–Crippen LogP) is 3.12. The van der Waals surface area contributed by atoms with Crippen molar-refractivity contribution >= 4 is 16.7 Å². The fourth-order valence-electron chi connectivity index (χ4n) is 2.90. The lowest BCUT2D eigenvalue weighted by atomic mass is 10.2. The Hall–Kier alpha value is -2.58. The molecule has 0 amide bonds. The summed E-state index contributed by atoms with van der Waals surface area (Å²) in [5.74, 6) is -0.189. The molecule has 2 aromatic heterocycles. The van der Waals surface area contributed by atoms with Crippen LogP contribution in [0.2, 0.25) is 0 Å². The van der Waals surface area contributed by atoms with Crippen LogP contribution in [0.4, 0.5) is 19.0 Å². The zero-order valence-corrected chi connectivity index (χ0v) is 14.6. The molecule has 0 unspecified atom stereocenters. The zero-order valence-electron chi connectivity index (χ0n) is 14.6. The van der Waals surface area contributed by atoms with Gasteiger partial charge in [-0.2, -0.15) is 13.2 Å². The van der Waals surface area contributed by atoms with Gasteiger partial charge in [-0.15, -0.1) is 0 Å². The lowest BCUT2D eigenvalue weighted by molar-refractivity contribution is -0.137. The standard InChI is InChI=1S/C19H21F3N4O/c20-19(21,22)16-5-3-8-24-18(16)25-10-9-23-12-15(27)13-26-11-7-14-4-1-2-6-17(14)26/h1-8,11,15,23,27H,9-10,12-13H2,(H,24,25)/t15-/m0/s1. The molecule has 0 saturated heterocycles. The Kier molecular flexibility index (Phi) is 5.98. The second kappa shape index (κ2) is 8.41. The molecule has 27 heavy (non-hydrogen) atoms. The molecule has 3 aromatic rings. The highest BCUT2D eigenvalue weighted by atomic mass is 19.4. The highest BCUT2D eigenvalue weighted by Crippen LogP contribution is 2.33. The number of aliphatic hydroxyl groups is 1. The first-order chi connectivity index (χ1) is 12.9. The lowest BCUT2D eigenvalue weighted by Gasteiger charge is -2.15. The number of para-hydroxylation sites is 1. The van der Waals surface area contributed by atoms with Gasteiger partial charge >= 0.3 is 6.18 Å². The van der Waals surface area contributed by atoms with E-state index in [4.69, 9.17) is 0 Å². The van der Waals surface area contributed by atoms with Crippen molar-refractivity contribution < 1.29 is 18.3 Å². The van der Waals surface area contributed by atoms with Gasteiger partial charge in [0.1, 0.15) is 5.82 Å². The molecule has 0 aliphatic heterocycles. The van der Waals surface area contributed by atoms with E-state index < -0.39 is 17.8 Å². The summed E-state index contributed by atoms with van der Waals surface area (Å²) in [5, 5.41) is 17.0. The van der Waals surface area contributed by atoms with Gasteiger partial charge in [-0.1, -0.05) is 18.2 Å². The van der Waals surface area contributed by atoms with Crippen LogP contribution in [0.25, 0.3) is 10.9 Å². The predicted molar refractivity (Wildman–Crippen MR) is 98.5 cm³/mol. The molecule has 0 bridgehead atoms. The van der Waals surface area contributed by atoms with Gasteiger partial charge in [-0.3, -0.25) is 0 Å². The number of benzene rings is 1. The van der Waals surface area contributed by atoms with E-state index in [0.717, 1.165) is 17.0 Å². The Morgan fingerprint density at radius 3 is 2.70 bits per heavy atom. The third-order valence-electron chi connectivity index (χ3n) is 4.17. The Balaban J connectivity index is 1.43. The monoisotopic (exact) mass is 378 g/mol. The first kappa shape index (κ1) is 19.2. The summed E-state index contributed by atoms with van der Waals surface area (Å²) in [5.41, 5.74) is 0.262. The van der Waals surface area contributed by atoms with Gasteiger partial charge in [0.05, 0.1) is 11.7 Å². The van der Waals surface area contributed by atoms with Crippen LogP contribution in [0.1, 0.15) is 5.56 Å². The van der Waals surface area contributed by atoms with Crippen LogP contribution >= 0.6 is 0 Å². The third kappa shape index (κ3) is 4.99. The molecule has 8 heteroatoms. The molecule has 1 aromatic carbocycles. The van der Waals surface area contributed by atoms with E-state index in [1.807, 2.05) is 41.1 Å². The highest BCUT2D eigenvalue weighted by molar-refractivity contribution is 5.79. The fraction of sp³-hybridized carbons (Fsp3) is 0.316. The molecule has 2 heterocycles. The molecule has 0 radical (unpaired) electrons. The minimum Gasteiger partial charge on any atom is -0.390 e. The van der Waals surface area contributed by atoms with Gasteiger partial charge in [0.2, 0.25) is 0 Å². The maximum absolute atomic E-state index is 12.9. The molecular weight excluding hydrogens is 357 g/mol. The van der Waals surface area contributed by atoms with Gasteiger partial charge in [0, 0.05) is 44.1 Å². The van der Waals surface area contributed by atoms with Gasteiger partial charge in [-0.05, 0) is 29.7 Å². The van der Waals surface area contributed by atoms with E-state index in [9.17, 15) is 18.3 Å². The van der Waals surface area contributed by atoms with Crippen molar-refractivity contribution in [2.24, 2.45) is 0 Å². The minimum atomic E-state index is -4.44. The first-order valence-electron chi connectivity index (χ1n) is 8.64. The highest BCUT2D eigenvalue weighted by Gasteiger charge is 2.33.